The third kappa shape index (κ3) is 6.86. The monoisotopic (exact) mass is 366 g/mol. The van der Waals surface area contributed by atoms with Crippen LogP contribution in [0.1, 0.15) is 49.8 Å². The van der Waals surface area contributed by atoms with Crippen molar-refractivity contribution in [2.24, 2.45) is 0 Å². The Labute approximate surface area is 162 Å². The summed E-state index contributed by atoms with van der Waals surface area (Å²) in [7, 11) is 0. The average molecular weight is 367 g/mol. The molecule has 0 fully saturated rings. The summed E-state index contributed by atoms with van der Waals surface area (Å²) < 4.78 is 0. The Morgan fingerprint density at radius 3 is 2.07 bits per heavy atom. The average Bonchev–Trinajstić information content (AvgIpc) is 2.60. The Bertz CT molecular complexity index is 778. The molecular formula is C24H30O3. The van der Waals surface area contributed by atoms with Crippen molar-refractivity contribution in [3.8, 4) is 17.2 Å². The van der Waals surface area contributed by atoms with Gasteiger partial charge >= 0.3 is 0 Å². The number of aryl methyl sites for hydroxylation is 2. The van der Waals surface area contributed by atoms with Gasteiger partial charge in [-0.15, -0.1) is 6.58 Å². The molecule has 2 rings (SSSR count). The largest absolute Gasteiger partial charge is 0.508 e. The van der Waals surface area contributed by atoms with Gasteiger partial charge in [-0.1, -0.05) is 29.4 Å². The van der Waals surface area contributed by atoms with Crippen molar-refractivity contribution in [1.29, 1.82) is 0 Å². The molecule has 0 aromatic heterocycles. The number of phenols is 3. The predicted octanol–water partition coefficient (Wildman–Crippen LogP) is 5.82. The molecule has 0 spiro atoms. The zero-order valence-corrected chi connectivity index (χ0v) is 16.3. The van der Waals surface area contributed by atoms with E-state index in [9.17, 15) is 15.3 Å². The van der Waals surface area contributed by atoms with Gasteiger partial charge in [-0.25, -0.2) is 0 Å². The Morgan fingerprint density at radius 1 is 0.889 bits per heavy atom. The second-order valence-corrected chi connectivity index (χ2v) is 7.34. The number of hydrogen-bond acceptors (Lipinski definition) is 3. The van der Waals surface area contributed by atoms with Crippen molar-refractivity contribution in [3.63, 3.8) is 0 Å². The summed E-state index contributed by atoms with van der Waals surface area (Å²) >= 11 is 0. The molecule has 0 bridgehead atoms. The molecule has 0 heterocycles. The van der Waals surface area contributed by atoms with E-state index < -0.39 is 0 Å². The van der Waals surface area contributed by atoms with Gasteiger partial charge in [0, 0.05) is 5.56 Å². The molecule has 0 atom stereocenters. The molecule has 2 aromatic carbocycles. The molecular weight excluding hydrogens is 336 g/mol. The van der Waals surface area contributed by atoms with Crippen LogP contribution in [0.3, 0.4) is 0 Å². The molecule has 0 unspecified atom stereocenters. The molecule has 3 heteroatoms. The lowest BCUT2D eigenvalue weighted by molar-refractivity contribution is 0.439. The third-order valence-electron chi connectivity index (χ3n) is 4.73. The van der Waals surface area contributed by atoms with Crippen LogP contribution in [0.5, 0.6) is 17.2 Å². The van der Waals surface area contributed by atoms with Crippen molar-refractivity contribution >= 4 is 0 Å². The lowest BCUT2D eigenvalue weighted by Crippen LogP contribution is -1.94. The summed E-state index contributed by atoms with van der Waals surface area (Å²) in [4.78, 5) is 0. The van der Waals surface area contributed by atoms with Gasteiger partial charge in [0.1, 0.15) is 17.2 Å². The van der Waals surface area contributed by atoms with Gasteiger partial charge in [-0.2, -0.15) is 0 Å². The smallest absolute Gasteiger partial charge is 0.123 e. The van der Waals surface area contributed by atoms with Gasteiger partial charge in [-0.05, 0) is 87.8 Å². The fourth-order valence-corrected chi connectivity index (χ4v) is 3.05. The number of rotatable bonds is 9. The molecule has 144 valence electrons. The second kappa shape index (κ2) is 9.86. The van der Waals surface area contributed by atoms with E-state index in [1.165, 1.54) is 11.1 Å². The summed E-state index contributed by atoms with van der Waals surface area (Å²) in [6.45, 7) is 8.04. The Hall–Kier alpha value is -2.68. The second-order valence-electron chi connectivity index (χ2n) is 7.34. The minimum atomic E-state index is 0.140. The highest BCUT2D eigenvalue weighted by Gasteiger charge is 2.09. The zero-order chi connectivity index (χ0) is 19.8. The number of aromatic hydroxyl groups is 3. The molecule has 27 heavy (non-hydrogen) atoms. The molecule has 2 aromatic rings. The molecule has 0 aliphatic heterocycles. The number of phenolic OH excluding ortho intramolecular Hbond substituents is 3. The lowest BCUT2D eigenvalue weighted by Gasteiger charge is -2.10. The first-order valence-electron chi connectivity index (χ1n) is 9.47. The van der Waals surface area contributed by atoms with Crippen LogP contribution in [0, 0.1) is 0 Å². The first kappa shape index (κ1) is 20.6. The van der Waals surface area contributed by atoms with Gasteiger partial charge in [0.05, 0.1) is 0 Å². The highest BCUT2D eigenvalue weighted by atomic mass is 16.3. The van der Waals surface area contributed by atoms with Crippen LogP contribution in [0.25, 0.3) is 0 Å². The van der Waals surface area contributed by atoms with Gasteiger partial charge in [0.25, 0.3) is 0 Å². The quantitative estimate of drug-likeness (QED) is 0.490. The van der Waals surface area contributed by atoms with Gasteiger partial charge < -0.3 is 15.3 Å². The zero-order valence-electron chi connectivity index (χ0n) is 16.3. The molecule has 3 N–H and O–H groups in total. The topological polar surface area (TPSA) is 60.7 Å². The van der Waals surface area contributed by atoms with Crippen LogP contribution in [0.15, 0.2) is 60.2 Å². The maximum absolute atomic E-state index is 10.3. The van der Waals surface area contributed by atoms with E-state index in [0.717, 1.165) is 36.8 Å². The molecule has 0 aliphatic carbocycles. The van der Waals surface area contributed by atoms with E-state index in [2.05, 4.69) is 19.6 Å². The summed E-state index contributed by atoms with van der Waals surface area (Å²) in [5.74, 6) is 0.532. The summed E-state index contributed by atoms with van der Waals surface area (Å²) in [6.07, 6.45) is 7.18. The van der Waals surface area contributed by atoms with Crippen LogP contribution < -0.4 is 0 Å². The van der Waals surface area contributed by atoms with Crippen LogP contribution in [-0.4, -0.2) is 15.3 Å². The standard InChI is InChI=1S/C24H30O3/c1-17(2)5-4-6-18(3)7-14-22-23(26)15-20(16-24(22)27)9-8-19-10-12-21(25)13-11-19/h7,10-13,15-16,25-27H,1,4-6,8-9,14H2,2-3H3/b18-7-. The Kier molecular flexibility index (Phi) is 7.54. The minimum Gasteiger partial charge on any atom is -0.508 e. The van der Waals surface area contributed by atoms with E-state index in [0.29, 0.717) is 18.4 Å². The fraction of sp³-hybridized carbons (Fsp3) is 0.333. The van der Waals surface area contributed by atoms with E-state index >= 15 is 0 Å². The summed E-state index contributed by atoms with van der Waals surface area (Å²) in [5, 5.41) is 30.0. The maximum atomic E-state index is 10.3. The number of hydrogen-bond donors (Lipinski definition) is 3. The van der Waals surface area contributed by atoms with Crippen LogP contribution in [0.4, 0.5) is 0 Å². The van der Waals surface area contributed by atoms with E-state index in [1.807, 2.05) is 19.1 Å². The maximum Gasteiger partial charge on any atom is 0.123 e. The Morgan fingerprint density at radius 2 is 1.48 bits per heavy atom. The van der Waals surface area contributed by atoms with Crippen molar-refractivity contribution < 1.29 is 15.3 Å². The third-order valence-corrected chi connectivity index (χ3v) is 4.73. The lowest BCUT2D eigenvalue weighted by atomic mass is 9.99. The summed E-state index contributed by atoms with van der Waals surface area (Å²) in [5.41, 5.74) is 5.02. The molecule has 0 aliphatic rings. The van der Waals surface area contributed by atoms with Gasteiger partial charge in [0.2, 0.25) is 0 Å². The predicted molar refractivity (Wildman–Crippen MR) is 111 cm³/mol. The van der Waals surface area contributed by atoms with Crippen molar-refractivity contribution in [2.45, 2.75) is 52.4 Å². The van der Waals surface area contributed by atoms with E-state index in [1.54, 1.807) is 24.3 Å². The summed E-state index contributed by atoms with van der Waals surface area (Å²) in [6, 6.07) is 10.6. The number of allylic oxidation sites excluding steroid dienone is 3. The van der Waals surface area contributed by atoms with E-state index in [4.69, 9.17) is 0 Å². The minimum absolute atomic E-state index is 0.140. The molecule has 0 saturated carbocycles. The van der Waals surface area contributed by atoms with Gasteiger partial charge in [0.15, 0.2) is 0 Å². The molecule has 0 saturated heterocycles. The highest BCUT2D eigenvalue weighted by Crippen LogP contribution is 2.30. The first-order valence-corrected chi connectivity index (χ1v) is 9.47. The van der Waals surface area contributed by atoms with Crippen molar-refractivity contribution in [3.05, 3.63) is 76.9 Å². The Balaban J connectivity index is 1.97. The molecule has 0 radical (unpaired) electrons. The van der Waals surface area contributed by atoms with Crippen molar-refractivity contribution in [1.82, 2.24) is 0 Å². The molecule has 0 amide bonds. The van der Waals surface area contributed by atoms with Crippen LogP contribution in [-0.2, 0) is 19.3 Å². The van der Waals surface area contributed by atoms with E-state index in [-0.39, 0.29) is 17.2 Å². The first-order chi connectivity index (χ1) is 12.8. The van der Waals surface area contributed by atoms with Crippen LogP contribution >= 0.6 is 0 Å². The fourth-order valence-electron chi connectivity index (χ4n) is 3.05. The SMILES string of the molecule is C=C(C)CCC/C(C)=C\Cc1c(O)cc(CCc2ccc(O)cc2)cc1O. The van der Waals surface area contributed by atoms with Crippen molar-refractivity contribution in [2.75, 3.05) is 0 Å². The normalized spacial score (nSPS) is 11.6. The molecule has 3 nitrogen and oxygen atoms in total. The number of benzene rings is 2. The highest BCUT2D eigenvalue weighted by molar-refractivity contribution is 5.48. The van der Waals surface area contributed by atoms with Crippen LogP contribution in [0.2, 0.25) is 0 Å². The van der Waals surface area contributed by atoms with Gasteiger partial charge in [-0.3, -0.25) is 0 Å².